The number of nitrogens with one attached hydrogen (secondary N) is 2. The van der Waals surface area contributed by atoms with Gasteiger partial charge in [-0.05, 0) is 51.5 Å². The van der Waals surface area contributed by atoms with Crippen LogP contribution in [-0.4, -0.2) is 66.5 Å². The molecule has 7 heteroatoms. The summed E-state index contributed by atoms with van der Waals surface area (Å²) in [6, 6.07) is -0.540. The Kier molecular flexibility index (Phi) is 11.2. The van der Waals surface area contributed by atoms with Crippen molar-refractivity contribution in [3.63, 3.8) is 0 Å². The topological polar surface area (TPSA) is 100 Å². The minimum atomic E-state index is -1.01. The molecule has 0 aromatic heterocycles. The van der Waals surface area contributed by atoms with Crippen LogP contribution in [0.3, 0.4) is 0 Å². The van der Waals surface area contributed by atoms with E-state index in [9.17, 15) is 15.0 Å². The van der Waals surface area contributed by atoms with E-state index in [2.05, 4.69) is 24.5 Å². The summed E-state index contributed by atoms with van der Waals surface area (Å²) >= 11 is 0. The fourth-order valence-corrected chi connectivity index (χ4v) is 4.93. The highest BCUT2D eigenvalue weighted by Crippen LogP contribution is 2.28. The zero-order valence-corrected chi connectivity index (χ0v) is 20.2. The summed E-state index contributed by atoms with van der Waals surface area (Å²) in [4.78, 5) is 12.8. The van der Waals surface area contributed by atoms with Crippen LogP contribution in [-0.2, 0) is 14.3 Å². The molecule has 2 rings (SSSR count). The summed E-state index contributed by atoms with van der Waals surface area (Å²) in [5, 5.41) is 27.0. The zero-order valence-electron chi connectivity index (χ0n) is 20.2. The van der Waals surface area contributed by atoms with E-state index in [1.165, 1.54) is 25.7 Å². The first-order valence-corrected chi connectivity index (χ1v) is 12.4. The third kappa shape index (κ3) is 7.67. The molecule has 0 saturated carbocycles. The number of rotatable bonds is 4. The van der Waals surface area contributed by atoms with Crippen LogP contribution in [0, 0.1) is 17.8 Å². The van der Waals surface area contributed by atoms with E-state index in [4.69, 9.17) is 9.47 Å². The predicted molar refractivity (Wildman–Crippen MR) is 122 cm³/mol. The Bertz CT molecular complexity index is 534. The third-order valence-electron chi connectivity index (χ3n) is 7.38. The molecule has 0 unspecified atom stereocenters. The second-order valence-corrected chi connectivity index (χ2v) is 9.79. The van der Waals surface area contributed by atoms with Crippen LogP contribution in [0.25, 0.3) is 0 Å². The van der Waals surface area contributed by atoms with E-state index < -0.39 is 30.6 Å². The zero-order chi connectivity index (χ0) is 23.0. The first-order valence-electron chi connectivity index (χ1n) is 12.4. The first kappa shape index (κ1) is 26.5. The minimum absolute atomic E-state index is 0.00805. The Morgan fingerprint density at radius 3 is 2.45 bits per heavy atom. The highest BCUT2D eigenvalue weighted by atomic mass is 16.7. The molecule has 2 aliphatic rings. The molecule has 0 aromatic carbocycles. The molecule has 0 bridgehead atoms. The van der Waals surface area contributed by atoms with Crippen molar-refractivity contribution >= 4 is 5.91 Å². The van der Waals surface area contributed by atoms with Gasteiger partial charge >= 0.3 is 0 Å². The average molecular weight is 443 g/mol. The predicted octanol–water partition coefficient (Wildman–Crippen LogP) is 2.59. The van der Waals surface area contributed by atoms with E-state index in [0.29, 0.717) is 12.5 Å². The van der Waals surface area contributed by atoms with Crippen molar-refractivity contribution in [3.8, 4) is 0 Å². The molecule has 7 nitrogen and oxygen atoms in total. The lowest BCUT2D eigenvalue weighted by atomic mass is 9.88. The molecule has 0 radical (unpaired) electrons. The summed E-state index contributed by atoms with van der Waals surface area (Å²) in [6.07, 6.45) is 5.24. The van der Waals surface area contributed by atoms with Gasteiger partial charge in [-0.15, -0.1) is 0 Å². The molecular formula is C24H46N2O5. The maximum atomic E-state index is 12.8. The van der Waals surface area contributed by atoms with Crippen molar-refractivity contribution < 1.29 is 24.5 Å². The summed E-state index contributed by atoms with van der Waals surface area (Å²) in [6.45, 7) is 8.90. The van der Waals surface area contributed by atoms with E-state index in [-0.39, 0.29) is 17.9 Å². The number of aliphatic hydroxyl groups excluding tert-OH is 2. The number of carbonyl (C=O) groups excluding carboxylic acids is 1. The van der Waals surface area contributed by atoms with Gasteiger partial charge in [0, 0.05) is 6.54 Å². The second-order valence-electron chi connectivity index (χ2n) is 9.79. The van der Waals surface area contributed by atoms with Crippen molar-refractivity contribution in [3.05, 3.63) is 0 Å². The average Bonchev–Trinajstić information content (AvgIpc) is 2.75. The fraction of sp³-hybridized carbons (Fsp3) is 0.958. The number of hydrogen-bond acceptors (Lipinski definition) is 6. The molecule has 4 N–H and O–H groups in total. The van der Waals surface area contributed by atoms with Gasteiger partial charge in [0.25, 0.3) is 0 Å². The summed E-state index contributed by atoms with van der Waals surface area (Å²) in [5.41, 5.74) is 0. The van der Waals surface area contributed by atoms with Gasteiger partial charge in [-0.3, -0.25) is 4.79 Å². The molecule has 2 saturated heterocycles. The van der Waals surface area contributed by atoms with Crippen LogP contribution >= 0.6 is 0 Å². The van der Waals surface area contributed by atoms with Gasteiger partial charge in [0.1, 0.15) is 6.10 Å². The van der Waals surface area contributed by atoms with Crippen LogP contribution in [0.2, 0.25) is 0 Å². The SMILES string of the molecule is CC[C@H]1CCCNC(=O)[C@@H](C)[C@@H](O[C@@H]2O[C@@H](C)[C@@H](O)[C@@H](NC)[C@H]2O)CC[C@H](C)CCC1. The van der Waals surface area contributed by atoms with Crippen molar-refractivity contribution in [1.82, 2.24) is 10.6 Å². The van der Waals surface area contributed by atoms with Gasteiger partial charge in [0.2, 0.25) is 5.91 Å². The Hall–Kier alpha value is -0.730. The van der Waals surface area contributed by atoms with E-state index in [1.54, 1.807) is 14.0 Å². The maximum absolute atomic E-state index is 12.8. The van der Waals surface area contributed by atoms with Crippen molar-refractivity contribution in [2.45, 2.75) is 116 Å². The first-order chi connectivity index (χ1) is 14.8. The molecule has 0 aliphatic carbocycles. The van der Waals surface area contributed by atoms with Gasteiger partial charge in [-0.25, -0.2) is 0 Å². The molecule has 2 heterocycles. The van der Waals surface area contributed by atoms with Crippen molar-refractivity contribution in [2.24, 2.45) is 17.8 Å². The van der Waals surface area contributed by atoms with Crippen molar-refractivity contribution in [1.29, 1.82) is 0 Å². The second kappa shape index (κ2) is 13.1. The lowest BCUT2D eigenvalue weighted by molar-refractivity contribution is -0.287. The number of ether oxygens (including phenoxy) is 2. The lowest BCUT2D eigenvalue weighted by Gasteiger charge is -2.43. The summed E-state index contributed by atoms with van der Waals surface area (Å²) in [5.74, 6) is 0.960. The summed E-state index contributed by atoms with van der Waals surface area (Å²) in [7, 11) is 1.70. The van der Waals surface area contributed by atoms with Gasteiger partial charge in [0.05, 0.1) is 30.3 Å². The molecule has 2 fully saturated rings. The van der Waals surface area contributed by atoms with Crippen molar-refractivity contribution in [2.75, 3.05) is 13.6 Å². The quantitative estimate of drug-likeness (QED) is 0.534. The maximum Gasteiger partial charge on any atom is 0.225 e. The lowest BCUT2D eigenvalue weighted by Crippen LogP contribution is -2.62. The van der Waals surface area contributed by atoms with Gasteiger partial charge in [-0.2, -0.15) is 0 Å². The minimum Gasteiger partial charge on any atom is -0.389 e. The molecule has 0 spiro atoms. The van der Waals surface area contributed by atoms with Crippen LogP contribution in [0.4, 0.5) is 0 Å². The smallest absolute Gasteiger partial charge is 0.225 e. The van der Waals surface area contributed by atoms with Gasteiger partial charge < -0.3 is 30.3 Å². The Morgan fingerprint density at radius 2 is 1.77 bits per heavy atom. The molecular weight excluding hydrogens is 396 g/mol. The third-order valence-corrected chi connectivity index (χ3v) is 7.38. The van der Waals surface area contributed by atoms with E-state index in [0.717, 1.165) is 31.6 Å². The molecule has 2 aliphatic heterocycles. The van der Waals surface area contributed by atoms with Crippen LogP contribution < -0.4 is 10.6 Å². The van der Waals surface area contributed by atoms with Gasteiger partial charge in [0.15, 0.2) is 6.29 Å². The highest BCUT2D eigenvalue weighted by molar-refractivity contribution is 5.78. The standard InChI is InChI=1S/C24H46N2O5/c1-6-18-10-7-9-15(2)12-13-19(16(3)23(29)26-14-8-11-18)31-24-22(28)20(25-5)21(27)17(4)30-24/h15-22,24-25,27-28H,6-14H2,1-5H3,(H,26,29)/t15-,16+,17+,18-,19+,20-,21-,22-,24+/m1/s1. The summed E-state index contributed by atoms with van der Waals surface area (Å²) < 4.78 is 12.0. The number of aliphatic hydroxyl groups is 2. The number of amides is 1. The highest BCUT2D eigenvalue weighted by Gasteiger charge is 2.44. The number of likely N-dealkylation sites (N-methyl/N-ethyl adjacent to an activating group) is 1. The molecule has 182 valence electrons. The fourth-order valence-electron chi connectivity index (χ4n) is 4.93. The Labute approximate surface area is 188 Å². The molecule has 9 atom stereocenters. The number of hydrogen-bond donors (Lipinski definition) is 4. The van der Waals surface area contributed by atoms with Crippen LogP contribution in [0.1, 0.15) is 79.1 Å². The Balaban J connectivity index is 2.08. The molecule has 31 heavy (non-hydrogen) atoms. The normalized spacial score (nSPS) is 41.9. The van der Waals surface area contributed by atoms with E-state index in [1.807, 2.05) is 6.92 Å². The van der Waals surface area contributed by atoms with Crippen LogP contribution in [0.5, 0.6) is 0 Å². The number of carbonyl (C=O) groups is 1. The largest absolute Gasteiger partial charge is 0.389 e. The monoisotopic (exact) mass is 442 g/mol. The van der Waals surface area contributed by atoms with Gasteiger partial charge in [-0.1, -0.05) is 46.5 Å². The molecule has 1 amide bonds. The molecule has 0 aromatic rings. The van der Waals surface area contributed by atoms with E-state index >= 15 is 0 Å². The van der Waals surface area contributed by atoms with Crippen LogP contribution in [0.15, 0.2) is 0 Å². The Morgan fingerprint density at radius 1 is 1.06 bits per heavy atom.